The van der Waals surface area contributed by atoms with E-state index in [4.69, 9.17) is 6.42 Å². The Morgan fingerprint density at radius 3 is 2.57 bits per heavy atom. The summed E-state index contributed by atoms with van der Waals surface area (Å²) in [6, 6.07) is 11.0. The number of benzene rings is 2. The normalized spacial score (nSPS) is 10.7. The van der Waals surface area contributed by atoms with Crippen LogP contribution in [0.1, 0.15) is 5.56 Å². The number of terminal acetylenes is 1. The molecule has 3 aromatic rings. The van der Waals surface area contributed by atoms with Crippen molar-refractivity contribution in [2.45, 2.75) is 6.42 Å². The Labute approximate surface area is 137 Å². The zero-order chi connectivity index (χ0) is 16.2. The van der Waals surface area contributed by atoms with Gasteiger partial charge in [-0.3, -0.25) is 0 Å². The van der Waals surface area contributed by atoms with E-state index >= 15 is 0 Å². The highest BCUT2D eigenvalue weighted by Crippen LogP contribution is 2.29. The van der Waals surface area contributed by atoms with Gasteiger partial charge in [-0.05, 0) is 36.2 Å². The maximum Gasteiger partial charge on any atom is 0.187 e. The Bertz CT molecular complexity index is 850. The third-order valence-electron chi connectivity index (χ3n) is 3.47. The quantitative estimate of drug-likeness (QED) is 0.651. The molecule has 116 valence electrons. The standard InChI is InChI=1S/C18H14F2N2S/c1-2-10-22(11-9-13-3-5-14(19)6-4-13)18-21-16-12-15(20)7-8-17(16)23-18/h1,3-8,12H,9-11H2. The first-order valence-electron chi connectivity index (χ1n) is 7.14. The van der Waals surface area contributed by atoms with E-state index < -0.39 is 0 Å². The fourth-order valence-corrected chi connectivity index (χ4v) is 3.26. The first kappa shape index (κ1) is 15.4. The van der Waals surface area contributed by atoms with Crippen LogP contribution in [0.3, 0.4) is 0 Å². The van der Waals surface area contributed by atoms with E-state index in [0.717, 1.165) is 21.8 Å². The van der Waals surface area contributed by atoms with Crippen molar-refractivity contribution in [1.29, 1.82) is 0 Å². The average molecular weight is 328 g/mol. The molecule has 3 rings (SSSR count). The van der Waals surface area contributed by atoms with E-state index in [-0.39, 0.29) is 11.6 Å². The highest BCUT2D eigenvalue weighted by Gasteiger charge is 2.12. The number of hydrogen-bond acceptors (Lipinski definition) is 3. The predicted octanol–water partition coefficient (Wildman–Crippen LogP) is 4.26. The van der Waals surface area contributed by atoms with Gasteiger partial charge in [0, 0.05) is 12.6 Å². The molecule has 1 aromatic heterocycles. The Kier molecular flexibility index (Phi) is 4.54. The number of aromatic nitrogens is 1. The van der Waals surface area contributed by atoms with Gasteiger partial charge in [0.2, 0.25) is 0 Å². The number of nitrogens with zero attached hydrogens (tertiary/aromatic N) is 2. The zero-order valence-corrected chi connectivity index (χ0v) is 13.1. The summed E-state index contributed by atoms with van der Waals surface area (Å²) < 4.78 is 27.2. The summed E-state index contributed by atoms with van der Waals surface area (Å²) in [7, 11) is 0. The molecule has 0 amide bonds. The van der Waals surface area contributed by atoms with Crippen molar-refractivity contribution in [2.24, 2.45) is 0 Å². The van der Waals surface area contributed by atoms with E-state index in [2.05, 4.69) is 10.9 Å². The van der Waals surface area contributed by atoms with Crippen LogP contribution in [0, 0.1) is 24.0 Å². The number of halogens is 2. The highest BCUT2D eigenvalue weighted by molar-refractivity contribution is 7.22. The SMILES string of the molecule is C#CCN(CCc1ccc(F)cc1)c1nc2cc(F)ccc2s1. The molecule has 5 heteroatoms. The molecule has 0 fully saturated rings. The van der Waals surface area contributed by atoms with Crippen LogP contribution in [0.15, 0.2) is 42.5 Å². The van der Waals surface area contributed by atoms with Crippen LogP contribution in [0.5, 0.6) is 0 Å². The largest absolute Gasteiger partial charge is 0.337 e. The summed E-state index contributed by atoms with van der Waals surface area (Å²) in [4.78, 5) is 6.45. The fraction of sp³-hybridized carbons (Fsp3) is 0.167. The molecule has 23 heavy (non-hydrogen) atoms. The van der Waals surface area contributed by atoms with Crippen LogP contribution in [0.4, 0.5) is 13.9 Å². The predicted molar refractivity (Wildman–Crippen MR) is 90.7 cm³/mol. The second kappa shape index (κ2) is 6.76. The Balaban J connectivity index is 1.79. The molecule has 2 nitrogen and oxygen atoms in total. The summed E-state index contributed by atoms with van der Waals surface area (Å²) in [6.45, 7) is 1.08. The molecule has 0 saturated carbocycles. The minimum absolute atomic E-state index is 0.248. The average Bonchev–Trinajstić information content (AvgIpc) is 2.96. The van der Waals surface area contributed by atoms with Crippen molar-refractivity contribution >= 4 is 26.7 Å². The van der Waals surface area contributed by atoms with Gasteiger partial charge in [0.05, 0.1) is 16.8 Å². The summed E-state index contributed by atoms with van der Waals surface area (Å²) >= 11 is 1.48. The summed E-state index contributed by atoms with van der Waals surface area (Å²) in [5.74, 6) is 2.08. The van der Waals surface area contributed by atoms with E-state index in [1.807, 2.05) is 4.90 Å². The van der Waals surface area contributed by atoms with Gasteiger partial charge in [-0.1, -0.05) is 29.4 Å². The Morgan fingerprint density at radius 2 is 1.83 bits per heavy atom. The third-order valence-corrected chi connectivity index (χ3v) is 4.57. The maximum absolute atomic E-state index is 13.3. The number of anilines is 1. The van der Waals surface area contributed by atoms with E-state index in [1.165, 1.54) is 35.6 Å². The molecule has 0 radical (unpaired) electrons. The summed E-state index contributed by atoms with van der Waals surface area (Å²) in [6.07, 6.45) is 6.18. The molecule has 0 atom stereocenters. The molecule has 0 bridgehead atoms. The molecule has 0 aliphatic carbocycles. The Morgan fingerprint density at radius 1 is 1.09 bits per heavy atom. The molecule has 2 aromatic carbocycles. The topological polar surface area (TPSA) is 16.1 Å². The van der Waals surface area contributed by atoms with Crippen LogP contribution in [-0.2, 0) is 6.42 Å². The molecule has 0 aliphatic heterocycles. The zero-order valence-electron chi connectivity index (χ0n) is 12.3. The van der Waals surface area contributed by atoms with Gasteiger partial charge < -0.3 is 4.90 Å². The molecule has 0 saturated heterocycles. The molecule has 1 heterocycles. The third kappa shape index (κ3) is 3.66. The van der Waals surface area contributed by atoms with E-state index in [9.17, 15) is 8.78 Å². The molecule has 0 aliphatic rings. The van der Waals surface area contributed by atoms with Crippen LogP contribution in [-0.4, -0.2) is 18.1 Å². The molecule has 0 N–H and O–H groups in total. The summed E-state index contributed by atoms with van der Waals surface area (Å²) in [5, 5.41) is 0.769. The van der Waals surface area contributed by atoms with Crippen molar-refractivity contribution in [3.8, 4) is 12.3 Å². The van der Waals surface area contributed by atoms with Gasteiger partial charge in [-0.15, -0.1) is 6.42 Å². The molecular formula is C18H14F2N2S. The van der Waals surface area contributed by atoms with Gasteiger partial charge in [-0.25, -0.2) is 13.8 Å². The van der Waals surface area contributed by atoms with Crippen molar-refractivity contribution < 1.29 is 8.78 Å². The second-order valence-electron chi connectivity index (χ2n) is 5.11. The van der Waals surface area contributed by atoms with Gasteiger partial charge >= 0.3 is 0 Å². The van der Waals surface area contributed by atoms with Crippen molar-refractivity contribution in [3.05, 3.63) is 59.7 Å². The maximum atomic E-state index is 13.3. The number of rotatable bonds is 5. The van der Waals surface area contributed by atoms with Gasteiger partial charge in [0.1, 0.15) is 11.6 Å². The minimum atomic E-state index is -0.302. The van der Waals surface area contributed by atoms with Gasteiger partial charge in [0.15, 0.2) is 5.13 Å². The lowest BCUT2D eigenvalue weighted by atomic mass is 10.1. The van der Waals surface area contributed by atoms with Crippen LogP contribution >= 0.6 is 11.3 Å². The summed E-state index contributed by atoms with van der Waals surface area (Å²) in [5.41, 5.74) is 1.66. The first-order chi connectivity index (χ1) is 11.2. The second-order valence-corrected chi connectivity index (χ2v) is 6.12. The molecule has 0 unspecified atom stereocenters. The van der Waals surface area contributed by atoms with Crippen molar-refractivity contribution in [2.75, 3.05) is 18.0 Å². The number of thiazole rings is 1. The van der Waals surface area contributed by atoms with E-state index in [0.29, 0.717) is 18.6 Å². The lowest BCUT2D eigenvalue weighted by molar-refractivity contribution is 0.626. The fourth-order valence-electron chi connectivity index (χ4n) is 2.29. The van der Waals surface area contributed by atoms with Gasteiger partial charge in [-0.2, -0.15) is 0 Å². The smallest absolute Gasteiger partial charge is 0.187 e. The van der Waals surface area contributed by atoms with Gasteiger partial charge in [0.25, 0.3) is 0 Å². The monoisotopic (exact) mass is 328 g/mol. The molecule has 0 spiro atoms. The van der Waals surface area contributed by atoms with Crippen molar-refractivity contribution in [1.82, 2.24) is 4.98 Å². The van der Waals surface area contributed by atoms with Crippen LogP contribution in [0.25, 0.3) is 10.2 Å². The minimum Gasteiger partial charge on any atom is -0.337 e. The highest BCUT2D eigenvalue weighted by atomic mass is 32.1. The van der Waals surface area contributed by atoms with E-state index in [1.54, 1.807) is 18.2 Å². The lowest BCUT2D eigenvalue weighted by Gasteiger charge is -2.18. The van der Waals surface area contributed by atoms with Crippen LogP contribution in [0.2, 0.25) is 0 Å². The first-order valence-corrected chi connectivity index (χ1v) is 7.96. The number of fused-ring (bicyclic) bond motifs is 1. The lowest BCUT2D eigenvalue weighted by Crippen LogP contribution is -2.26. The molecular weight excluding hydrogens is 314 g/mol. The van der Waals surface area contributed by atoms with Crippen LogP contribution < -0.4 is 4.90 Å². The Hall–Kier alpha value is -2.45. The van der Waals surface area contributed by atoms with Crippen molar-refractivity contribution in [3.63, 3.8) is 0 Å². The number of hydrogen-bond donors (Lipinski definition) is 0.